The fourth-order valence-corrected chi connectivity index (χ4v) is 2.53. The highest BCUT2D eigenvalue weighted by atomic mass is 79.9. The van der Waals surface area contributed by atoms with Gasteiger partial charge in [-0.15, -0.1) is 0 Å². The molecule has 0 aliphatic heterocycles. The summed E-state index contributed by atoms with van der Waals surface area (Å²) in [5.74, 6) is 0. The molecule has 0 fully saturated rings. The Bertz CT molecular complexity index is 785. The summed E-state index contributed by atoms with van der Waals surface area (Å²) in [5, 5.41) is 8.98. The molecule has 0 saturated carbocycles. The van der Waals surface area contributed by atoms with Crippen molar-refractivity contribution in [3.8, 4) is 23.1 Å². The third kappa shape index (κ3) is 2.24. The smallest absolute Gasteiger partial charge is 0.100 e. The van der Waals surface area contributed by atoms with Crippen LogP contribution in [0.4, 0.5) is 0 Å². The van der Waals surface area contributed by atoms with Gasteiger partial charge in [-0.2, -0.15) is 5.26 Å². The minimum absolute atomic E-state index is 0.625. The lowest BCUT2D eigenvalue weighted by atomic mass is 10.2. The molecule has 3 aromatic rings. The number of aromatic nitrogens is 2. The SMILES string of the molecule is N#Cc1ccc(-n2cccc2-c2ccccn2)cc1Br. The molecular formula is C16H10BrN3. The van der Waals surface area contributed by atoms with Crippen molar-refractivity contribution < 1.29 is 0 Å². The van der Waals surface area contributed by atoms with Gasteiger partial charge < -0.3 is 4.57 Å². The fraction of sp³-hybridized carbons (Fsp3) is 0. The molecule has 0 bridgehead atoms. The lowest BCUT2D eigenvalue weighted by Gasteiger charge is -2.09. The zero-order valence-corrected chi connectivity index (χ0v) is 12.1. The van der Waals surface area contributed by atoms with E-state index in [4.69, 9.17) is 5.26 Å². The van der Waals surface area contributed by atoms with Crippen molar-refractivity contribution in [1.82, 2.24) is 9.55 Å². The van der Waals surface area contributed by atoms with Crippen molar-refractivity contribution in [3.05, 3.63) is 71.0 Å². The molecule has 0 N–H and O–H groups in total. The molecule has 96 valence electrons. The summed E-state index contributed by atoms with van der Waals surface area (Å²) in [7, 11) is 0. The largest absolute Gasteiger partial charge is 0.315 e. The van der Waals surface area contributed by atoms with Crippen LogP contribution in [-0.4, -0.2) is 9.55 Å². The molecule has 0 radical (unpaired) electrons. The average molecular weight is 324 g/mol. The van der Waals surface area contributed by atoms with Gasteiger partial charge in [0.05, 0.1) is 17.0 Å². The standard InChI is InChI=1S/C16H10BrN3/c17-14-10-13(7-6-12(14)11-18)20-9-3-5-16(20)15-4-1-2-8-19-15/h1-10H. The molecule has 0 spiro atoms. The van der Waals surface area contributed by atoms with Crippen molar-refractivity contribution in [3.63, 3.8) is 0 Å². The first kappa shape index (κ1) is 12.6. The predicted molar refractivity (Wildman–Crippen MR) is 81.4 cm³/mol. The molecule has 2 heterocycles. The van der Waals surface area contributed by atoms with Crippen LogP contribution in [0.3, 0.4) is 0 Å². The Morgan fingerprint density at radius 3 is 2.70 bits per heavy atom. The molecule has 2 aromatic heterocycles. The molecule has 0 saturated heterocycles. The maximum absolute atomic E-state index is 8.98. The molecule has 0 aliphatic rings. The van der Waals surface area contributed by atoms with E-state index in [2.05, 4.69) is 27.0 Å². The van der Waals surface area contributed by atoms with Crippen LogP contribution in [-0.2, 0) is 0 Å². The van der Waals surface area contributed by atoms with Crippen LogP contribution in [0.15, 0.2) is 65.4 Å². The number of nitrogens with zero attached hydrogens (tertiary/aromatic N) is 3. The molecule has 3 rings (SSSR count). The molecule has 0 amide bonds. The van der Waals surface area contributed by atoms with Crippen LogP contribution in [0.5, 0.6) is 0 Å². The molecular weight excluding hydrogens is 314 g/mol. The van der Waals surface area contributed by atoms with Gasteiger partial charge >= 0.3 is 0 Å². The van der Waals surface area contributed by atoms with E-state index in [1.165, 1.54) is 0 Å². The van der Waals surface area contributed by atoms with E-state index in [9.17, 15) is 0 Å². The Morgan fingerprint density at radius 2 is 2.00 bits per heavy atom. The number of hydrogen-bond acceptors (Lipinski definition) is 2. The Kier molecular flexibility index (Phi) is 3.36. The van der Waals surface area contributed by atoms with Crippen molar-refractivity contribution in [2.24, 2.45) is 0 Å². The highest BCUT2D eigenvalue weighted by molar-refractivity contribution is 9.10. The Labute approximate surface area is 125 Å². The summed E-state index contributed by atoms with van der Waals surface area (Å²) in [4.78, 5) is 4.38. The average Bonchev–Trinajstić information content (AvgIpc) is 2.97. The lowest BCUT2D eigenvalue weighted by molar-refractivity contribution is 1.07. The summed E-state index contributed by atoms with van der Waals surface area (Å²) < 4.78 is 2.84. The zero-order chi connectivity index (χ0) is 13.9. The fourth-order valence-electron chi connectivity index (χ4n) is 2.07. The normalized spacial score (nSPS) is 10.2. The van der Waals surface area contributed by atoms with E-state index in [1.54, 1.807) is 6.20 Å². The summed E-state index contributed by atoms with van der Waals surface area (Å²) in [5.41, 5.74) is 3.54. The Morgan fingerprint density at radius 1 is 1.10 bits per heavy atom. The van der Waals surface area contributed by atoms with Crippen molar-refractivity contribution in [2.45, 2.75) is 0 Å². The van der Waals surface area contributed by atoms with E-state index in [-0.39, 0.29) is 0 Å². The topological polar surface area (TPSA) is 41.6 Å². The number of halogens is 1. The quantitative estimate of drug-likeness (QED) is 0.710. The summed E-state index contributed by atoms with van der Waals surface area (Å²) in [6, 6.07) is 17.7. The molecule has 4 heteroatoms. The molecule has 20 heavy (non-hydrogen) atoms. The van der Waals surface area contributed by atoms with Gasteiger partial charge in [-0.1, -0.05) is 6.07 Å². The maximum Gasteiger partial charge on any atom is 0.100 e. The van der Waals surface area contributed by atoms with Crippen LogP contribution in [0.2, 0.25) is 0 Å². The van der Waals surface area contributed by atoms with E-state index in [0.717, 1.165) is 21.5 Å². The summed E-state index contributed by atoms with van der Waals surface area (Å²) in [6.07, 6.45) is 3.76. The second-order valence-corrected chi connectivity index (χ2v) is 5.11. The van der Waals surface area contributed by atoms with Gasteiger partial charge in [-0.25, -0.2) is 0 Å². The van der Waals surface area contributed by atoms with Crippen molar-refractivity contribution in [2.75, 3.05) is 0 Å². The van der Waals surface area contributed by atoms with Crippen LogP contribution < -0.4 is 0 Å². The van der Waals surface area contributed by atoms with Gasteiger partial charge in [0.1, 0.15) is 6.07 Å². The number of pyridine rings is 1. The van der Waals surface area contributed by atoms with Crippen LogP contribution in [0.25, 0.3) is 17.1 Å². The highest BCUT2D eigenvalue weighted by Gasteiger charge is 2.08. The minimum atomic E-state index is 0.625. The van der Waals surface area contributed by atoms with Crippen LogP contribution in [0, 0.1) is 11.3 Å². The molecule has 0 atom stereocenters. The number of hydrogen-bond donors (Lipinski definition) is 0. The monoisotopic (exact) mass is 323 g/mol. The molecule has 0 aliphatic carbocycles. The van der Waals surface area contributed by atoms with E-state index in [1.807, 2.05) is 59.3 Å². The predicted octanol–water partition coefficient (Wildman–Crippen LogP) is 4.17. The third-order valence-corrected chi connectivity index (χ3v) is 3.68. The Balaban J connectivity index is 2.11. The first-order chi connectivity index (χ1) is 9.79. The van der Waals surface area contributed by atoms with Gasteiger partial charge in [0.25, 0.3) is 0 Å². The first-order valence-corrected chi connectivity index (χ1v) is 6.87. The summed E-state index contributed by atoms with van der Waals surface area (Å²) in [6.45, 7) is 0. The van der Waals surface area contributed by atoms with Crippen LogP contribution >= 0.6 is 15.9 Å². The number of nitriles is 1. The molecule has 0 unspecified atom stereocenters. The van der Waals surface area contributed by atoms with Gasteiger partial charge in [-0.3, -0.25) is 4.98 Å². The lowest BCUT2D eigenvalue weighted by Crippen LogP contribution is -1.96. The maximum atomic E-state index is 8.98. The molecule has 3 nitrogen and oxygen atoms in total. The first-order valence-electron chi connectivity index (χ1n) is 6.08. The summed E-state index contributed by atoms with van der Waals surface area (Å²) >= 11 is 3.42. The Hall–Kier alpha value is -2.38. The zero-order valence-electron chi connectivity index (χ0n) is 10.5. The second-order valence-electron chi connectivity index (χ2n) is 4.25. The van der Waals surface area contributed by atoms with Crippen LogP contribution in [0.1, 0.15) is 5.56 Å². The van der Waals surface area contributed by atoms with E-state index in [0.29, 0.717) is 5.56 Å². The minimum Gasteiger partial charge on any atom is -0.315 e. The second kappa shape index (κ2) is 5.32. The highest BCUT2D eigenvalue weighted by Crippen LogP contribution is 2.25. The molecule has 1 aromatic carbocycles. The van der Waals surface area contributed by atoms with Gasteiger partial charge in [-0.05, 0) is 58.4 Å². The van der Waals surface area contributed by atoms with Gasteiger partial charge in [0.2, 0.25) is 0 Å². The van der Waals surface area contributed by atoms with Gasteiger partial charge in [0.15, 0.2) is 0 Å². The van der Waals surface area contributed by atoms with Gasteiger partial charge in [0, 0.05) is 22.6 Å². The number of rotatable bonds is 2. The van der Waals surface area contributed by atoms with E-state index < -0.39 is 0 Å². The van der Waals surface area contributed by atoms with Crippen molar-refractivity contribution in [1.29, 1.82) is 5.26 Å². The number of benzene rings is 1. The van der Waals surface area contributed by atoms with Crippen molar-refractivity contribution >= 4 is 15.9 Å². The third-order valence-electron chi connectivity index (χ3n) is 3.03. The van der Waals surface area contributed by atoms with E-state index >= 15 is 0 Å².